The van der Waals surface area contributed by atoms with Crippen molar-refractivity contribution in [3.8, 4) is 0 Å². The maximum absolute atomic E-state index is 11.8. The molecule has 1 aromatic rings. The topological polar surface area (TPSA) is 55.1 Å². The predicted octanol–water partition coefficient (Wildman–Crippen LogP) is 2.74. The molecule has 3 nitrogen and oxygen atoms in total. The van der Waals surface area contributed by atoms with Crippen molar-refractivity contribution in [1.82, 2.24) is 5.32 Å². The van der Waals surface area contributed by atoms with Gasteiger partial charge in [0.05, 0.1) is 10.7 Å². The average molecular weight is 255 g/mol. The lowest BCUT2D eigenvalue weighted by Crippen LogP contribution is -2.22. The van der Waals surface area contributed by atoms with Crippen LogP contribution in [0.3, 0.4) is 0 Å². The minimum Gasteiger partial charge on any atom is -0.398 e. The number of Topliss-reactive ketones (excluding diaryl/α,β-unsaturated/α-hetero) is 1. The lowest BCUT2D eigenvalue weighted by Gasteiger charge is -2.07. The normalized spacial score (nSPS) is 10.8. The van der Waals surface area contributed by atoms with Crippen LogP contribution in [0.25, 0.3) is 0 Å². The van der Waals surface area contributed by atoms with Crippen molar-refractivity contribution in [1.29, 1.82) is 0 Å². The van der Waals surface area contributed by atoms with Gasteiger partial charge >= 0.3 is 0 Å². The Hall–Kier alpha value is -1.06. The van der Waals surface area contributed by atoms with E-state index in [1.54, 1.807) is 18.2 Å². The number of ketones is 1. The van der Waals surface area contributed by atoms with E-state index in [-0.39, 0.29) is 5.78 Å². The van der Waals surface area contributed by atoms with Gasteiger partial charge in [0.2, 0.25) is 0 Å². The van der Waals surface area contributed by atoms with E-state index < -0.39 is 0 Å². The minimum absolute atomic E-state index is 0.0876. The molecule has 94 valence electrons. The van der Waals surface area contributed by atoms with E-state index in [0.717, 1.165) is 6.54 Å². The zero-order valence-electron chi connectivity index (χ0n) is 10.3. The number of benzene rings is 1. The standard InChI is InChI=1S/C13H19ClN2O/c1-9(2)8-16-6-5-13(17)10-3-4-11(14)12(15)7-10/h3-4,7,9,16H,5-6,8,15H2,1-2H3. The van der Waals surface area contributed by atoms with Gasteiger partial charge < -0.3 is 11.1 Å². The fourth-order valence-electron chi connectivity index (χ4n) is 1.45. The number of halogens is 1. The summed E-state index contributed by atoms with van der Waals surface area (Å²) in [5, 5.41) is 3.72. The molecule has 0 bridgehead atoms. The first-order valence-electron chi connectivity index (χ1n) is 5.79. The molecule has 0 amide bonds. The summed E-state index contributed by atoms with van der Waals surface area (Å²) in [6.45, 7) is 5.89. The third-order valence-electron chi connectivity index (χ3n) is 2.40. The second kappa shape index (κ2) is 6.62. The van der Waals surface area contributed by atoms with Gasteiger partial charge in [-0.1, -0.05) is 25.4 Å². The molecule has 0 saturated heterocycles. The monoisotopic (exact) mass is 254 g/mol. The number of carbonyl (C=O) groups excluding carboxylic acids is 1. The van der Waals surface area contributed by atoms with Gasteiger partial charge in [-0.15, -0.1) is 0 Å². The summed E-state index contributed by atoms with van der Waals surface area (Å²) in [7, 11) is 0. The van der Waals surface area contributed by atoms with Crippen LogP contribution in [0.1, 0.15) is 30.6 Å². The highest BCUT2D eigenvalue weighted by Crippen LogP contribution is 2.20. The molecule has 0 spiro atoms. The van der Waals surface area contributed by atoms with Crippen molar-refractivity contribution in [2.75, 3.05) is 18.8 Å². The zero-order valence-corrected chi connectivity index (χ0v) is 11.1. The first kappa shape index (κ1) is 14.0. The first-order valence-corrected chi connectivity index (χ1v) is 6.17. The van der Waals surface area contributed by atoms with Crippen LogP contribution < -0.4 is 11.1 Å². The summed E-state index contributed by atoms with van der Waals surface area (Å²) in [6.07, 6.45) is 0.480. The molecular weight excluding hydrogens is 236 g/mol. The summed E-state index contributed by atoms with van der Waals surface area (Å²) in [5.74, 6) is 0.681. The van der Waals surface area contributed by atoms with Crippen molar-refractivity contribution < 1.29 is 4.79 Å². The van der Waals surface area contributed by atoms with E-state index in [0.29, 0.717) is 35.2 Å². The number of hydrogen-bond acceptors (Lipinski definition) is 3. The van der Waals surface area contributed by atoms with Gasteiger partial charge in [0.25, 0.3) is 0 Å². The number of nitrogens with one attached hydrogen (secondary N) is 1. The number of nitrogen functional groups attached to an aromatic ring is 1. The molecule has 17 heavy (non-hydrogen) atoms. The molecule has 0 aliphatic rings. The maximum Gasteiger partial charge on any atom is 0.164 e. The van der Waals surface area contributed by atoms with E-state index in [9.17, 15) is 4.79 Å². The highest BCUT2D eigenvalue weighted by atomic mass is 35.5. The molecule has 1 aromatic carbocycles. The van der Waals surface area contributed by atoms with Crippen LogP contribution in [0, 0.1) is 5.92 Å². The quantitative estimate of drug-likeness (QED) is 0.466. The Morgan fingerprint density at radius 3 is 2.76 bits per heavy atom. The highest BCUT2D eigenvalue weighted by Gasteiger charge is 2.07. The molecule has 0 aromatic heterocycles. The predicted molar refractivity (Wildman–Crippen MR) is 72.5 cm³/mol. The van der Waals surface area contributed by atoms with Crippen molar-refractivity contribution in [2.45, 2.75) is 20.3 Å². The van der Waals surface area contributed by atoms with Gasteiger partial charge in [0.1, 0.15) is 0 Å². The molecule has 0 unspecified atom stereocenters. The van der Waals surface area contributed by atoms with Crippen molar-refractivity contribution >= 4 is 23.1 Å². The van der Waals surface area contributed by atoms with E-state index in [1.165, 1.54) is 0 Å². The Balaban J connectivity index is 2.44. The van der Waals surface area contributed by atoms with Crippen LogP contribution in [-0.2, 0) is 0 Å². The van der Waals surface area contributed by atoms with Crippen LogP contribution in [-0.4, -0.2) is 18.9 Å². The molecule has 4 heteroatoms. The second-order valence-corrected chi connectivity index (χ2v) is 4.91. The summed E-state index contributed by atoms with van der Waals surface area (Å²) in [6, 6.07) is 5.00. The van der Waals surface area contributed by atoms with Gasteiger partial charge in [-0.05, 0) is 30.7 Å². The third-order valence-corrected chi connectivity index (χ3v) is 2.74. The molecule has 0 fully saturated rings. The number of hydrogen-bond donors (Lipinski definition) is 2. The molecule has 0 aliphatic carbocycles. The van der Waals surface area contributed by atoms with Gasteiger partial charge in [-0.25, -0.2) is 0 Å². The van der Waals surface area contributed by atoms with E-state index in [1.807, 2.05) is 0 Å². The van der Waals surface area contributed by atoms with Gasteiger partial charge in [-0.3, -0.25) is 4.79 Å². The molecule has 0 heterocycles. The number of nitrogens with two attached hydrogens (primary N) is 1. The smallest absolute Gasteiger partial charge is 0.164 e. The molecule has 3 N–H and O–H groups in total. The zero-order chi connectivity index (χ0) is 12.8. The van der Waals surface area contributed by atoms with Crippen LogP contribution in [0.15, 0.2) is 18.2 Å². The SMILES string of the molecule is CC(C)CNCCC(=O)c1ccc(Cl)c(N)c1. The Kier molecular flexibility index (Phi) is 5.45. The van der Waals surface area contributed by atoms with Crippen molar-refractivity contribution in [3.05, 3.63) is 28.8 Å². The average Bonchev–Trinajstić information content (AvgIpc) is 2.27. The molecular formula is C13H19ClN2O. The van der Waals surface area contributed by atoms with Crippen LogP contribution in [0.5, 0.6) is 0 Å². The van der Waals surface area contributed by atoms with Crippen LogP contribution in [0.4, 0.5) is 5.69 Å². The molecule has 0 saturated carbocycles. The van der Waals surface area contributed by atoms with Crippen LogP contribution in [0.2, 0.25) is 5.02 Å². The lowest BCUT2D eigenvalue weighted by atomic mass is 10.1. The minimum atomic E-state index is 0.0876. The Morgan fingerprint density at radius 2 is 2.18 bits per heavy atom. The van der Waals surface area contributed by atoms with Gasteiger partial charge in [0, 0.05) is 18.5 Å². The summed E-state index contributed by atoms with van der Waals surface area (Å²) < 4.78 is 0. The fraction of sp³-hybridized carbons (Fsp3) is 0.462. The van der Waals surface area contributed by atoms with Crippen molar-refractivity contribution in [3.63, 3.8) is 0 Å². The highest BCUT2D eigenvalue weighted by molar-refractivity contribution is 6.33. The van der Waals surface area contributed by atoms with Crippen molar-refractivity contribution in [2.24, 2.45) is 5.92 Å². The van der Waals surface area contributed by atoms with Gasteiger partial charge in [-0.2, -0.15) is 0 Å². The van der Waals surface area contributed by atoms with E-state index in [4.69, 9.17) is 17.3 Å². The van der Waals surface area contributed by atoms with E-state index in [2.05, 4.69) is 19.2 Å². The number of rotatable bonds is 6. The third kappa shape index (κ3) is 4.75. The summed E-state index contributed by atoms with van der Waals surface area (Å²) in [5.41, 5.74) is 6.73. The molecule has 1 rings (SSSR count). The molecule has 0 radical (unpaired) electrons. The molecule has 0 aliphatic heterocycles. The van der Waals surface area contributed by atoms with Crippen LogP contribution >= 0.6 is 11.6 Å². The maximum atomic E-state index is 11.8. The second-order valence-electron chi connectivity index (χ2n) is 4.51. The largest absolute Gasteiger partial charge is 0.398 e. The Bertz CT molecular complexity index is 391. The van der Waals surface area contributed by atoms with Gasteiger partial charge in [0.15, 0.2) is 5.78 Å². The summed E-state index contributed by atoms with van der Waals surface area (Å²) in [4.78, 5) is 11.8. The fourth-order valence-corrected chi connectivity index (χ4v) is 1.57. The lowest BCUT2D eigenvalue weighted by molar-refractivity contribution is 0.0982. The number of carbonyl (C=O) groups is 1. The first-order chi connectivity index (χ1) is 8.00. The van der Waals surface area contributed by atoms with E-state index >= 15 is 0 Å². The summed E-state index contributed by atoms with van der Waals surface area (Å²) >= 11 is 5.80. The Labute approximate surface area is 107 Å². The Morgan fingerprint density at radius 1 is 1.47 bits per heavy atom. The molecule has 0 atom stereocenters. The number of anilines is 1.